The molecule has 0 aliphatic heterocycles. The molecule has 2 heterocycles. The van der Waals surface area contributed by atoms with Crippen LogP contribution in [0, 0.1) is 0 Å². The lowest BCUT2D eigenvalue weighted by molar-refractivity contribution is -0.120. The third kappa shape index (κ3) is 5.31. The second-order valence-electron chi connectivity index (χ2n) is 4.21. The summed E-state index contributed by atoms with van der Waals surface area (Å²) >= 11 is 1.67. The lowest BCUT2D eigenvalue weighted by Gasteiger charge is -2.11. The second-order valence-corrected chi connectivity index (χ2v) is 5.25. The number of furan rings is 1. The third-order valence-electron chi connectivity index (χ3n) is 2.69. The smallest absolute Gasteiger partial charge is 0.239 e. The predicted molar refractivity (Wildman–Crippen MR) is 83.1 cm³/mol. The Morgan fingerprint density at radius 2 is 2.14 bits per heavy atom. The minimum atomic E-state index is -0.120. The molecule has 0 bridgehead atoms. The van der Waals surface area contributed by atoms with E-state index in [4.69, 9.17) is 4.42 Å². The van der Waals surface area contributed by atoms with Crippen molar-refractivity contribution in [2.75, 3.05) is 13.6 Å². The van der Waals surface area contributed by atoms with E-state index < -0.39 is 0 Å². The fourth-order valence-corrected chi connectivity index (χ4v) is 2.27. The summed E-state index contributed by atoms with van der Waals surface area (Å²) in [6.45, 7) is 1.23. The first-order chi connectivity index (χ1) is 10.3. The summed E-state index contributed by atoms with van der Waals surface area (Å²) in [4.78, 5) is 17.0. The molecule has 7 heteroatoms. The van der Waals surface area contributed by atoms with Crippen molar-refractivity contribution >= 4 is 23.2 Å². The first-order valence-corrected chi connectivity index (χ1v) is 7.42. The highest BCUT2D eigenvalue weighted by Gasteiger charge is 2.04. The maximum absolute atomic E-state index is 11.7. The zero-order valence-corrected chi connectivity index (χ0v) is 12.6. The van der Waals surface area contributed by atoms with Crippen LogP contribution in [-0.2, 0) is 17.9 Å². The van der Waals surface area contributed by atoms with Gasteiger partial charge in [-0.3, -0.25) is 9.79 Å². The van der Waals surface area contributed by atoms with Gasteiger partial charge < -0.3 is 20.4 Å². The molecule has 0 spiro atoms. The van der Waals surface area contributed by atoms with Gasteiger partial charge >= 0.3 is 0 Å². The molecule has 112 valence electrons. The average molecular weight is 306 g/mol. The van der Waals surface area contributed by atoms with Crippen LogP contribution in [0.25, 0.3) is 0 Å². The first-order valence-electron chi connectivity index (χ1n) is 6.54. The molecule has 0 fully saturated rings. The van der Waals surface area contributed by atoms with E-state index in [9.17, 15) is 4.79 Å². The Balaban J connectivity index is 1.66. The molecule has 0 unspecified atom stereocenters. The summed E-state index contributed by atoms with van der Waals surface area (Å²) in [7, 11) is 1.67. The number of nitrogens with zero attached hydrogens (tertiary/aromatic N) is 1. The van der Waals surface area contributed by atoms with Gasteiger partial charge in [0.15, 0.2) is 5.96 Å². The van der Waals surface area contributed by atoms with Crippen molar-refractivity contribution in [2.24, 2.45) is 4.99 Å². The molecule has 0 aliphatic rings. The number of guanidine groups is 1. The van der Waals surface area contributed by atoms with E-state index in [0.717, 1.165) is 5.76 Å². The molecule has 2 rings (SSSR count). The topological polar surface area (TPSA) is 78.7 Å². The van der Waals surface area contributed by atoms with Crippen molar-refractivity contribution in [1.29, 1.82) is 0 Å². The van der Waals surface area contributed by atoms with Gasteiger partial charge in [0.2, 0.25) is 5.91 Å². The van der Waals surface area contributed by atoms with Crippen LogP contribution in [0.1, 0.15) is 10.6 Å². The van der Waals surface area contributed by atoms with Crippen LogP contribution in [0.2, 0.25) is 0 Å². The van der Waals surface area contributed by atoms with E-state index >= 15 is 0 Å². The Labute approximate surface area is 127 Å². The van der Waals surface area contributed by atoms with E-state index in [2.05, 4.69) is 20.9 Å². The van der Waals surface area contributed by atoms with E-state index in [1.165, 1.54) is 4.88 Å². The zero-order chi connectivity index (χ0) is 14.9. The minimum Gasteiger partial charge on any atom is -0.467 e. The Hall–Kier alpha value is -2.28. The van der Waals surface area contributed by atoms with Crippen LogP contribution in [0.4, 0.5) is 0 Å². The molecule has 0 radical (unpaired) electrons. The minimum absolute atomic E-state index is 0.120. The normalized spacial score (nSPS) is 11.2. The Bertz CT molecular complexity index is 564. The molecule has 0 aromatic carbocycles. The van der Waals surface area contributed by atoms with Crippen LogP contribution >= 0.6 is 11.3 Å². The monoisotopic (exact) mass is 306 g/mol. The van der Waals surface area contributed by atoms with E-state index in [1.807, 2.05) is 23.6 Å². The second kappa shape index (κ2) is 8.11. The van der Waals surface area contributed by atoms with Crippen molar-refractivity contribution < 1.29 is 9.21 Å². The Morgan fingerprint density at radius 1 is 1.24 bits per heavy atom. The summed E-state index contributed by atoms with van der Waals surface area (Å²) in [6, 6.07) is 7.65. The standard InChI is InChI=1S/C14H18N4O2S/c1-15-14(17-9-12-5-3-7-21-12)18-10-13(19)16-8-11-4-2-6-20-11/h2-7H,8-10H2,1H3,(H,16,19)(H2,15,17,18). The van der Waals surface area contributed by atoms with Gasteiger partial charge in [0.05, 0.1) is 25.9 Å². The molecule has 21 heavy (non-hydrogen) atoms. The molecular weight excluding hydrogens is 288 g/mol. The molecule has 0 aliphatic carbocycles. The average Bonchev–Trinajstić information content (AvgIpc) is 3.18. The number of carbonyl (C=O) groups excluding carboxylic acids is 1. The lowest BCUT2D eigenvalue weighted by Crippen LogP contribution is -2.42. The molecule has 2 aromatic rings. The van der Waals surface area contributed by atoms with Gasteiger partial charge in [-0.15, -0.1) is 11.3 Å². The molecule has 3 N–H and O–H groups in total. The Kier molecular flexibility index (Phi) is 5.83. The SMILES string of the molecule is CN=C(NCC(=O)NCc1ccco1)NCc1cccs1. The number of amides is 1. The van der Waals surface area contributed by atoms with Gasteiger partial charge in [0, 0.05) is 11.9 Å². The Morgan fingerprint density at radius 3 is 2.81 bits per heavy atom. The summed E-state index contributed by atoms with van der Waals surface area (Å²) in [6.07, 6.45) is 1.58. The van der Waals surface area contributed by atoms with Gasteiger partial charge in [-0.25, -0.2) is 0 Å². The maximum Gasteiger partial charge on any atom is 0.239 e. The molecule has 2 aromatic heterocycles. The highest BCUT2D eigenvalue weighted by Crippen LogP contribution is 2.06. The first kappa shape index (κ1) is 15.1. The van der Waals surface area contributed by atoms with E-state index in [0.29, 0.717) is 19.0 Å². The highest BCUT2D eigenvalue weighted by atomic mass is 32.1. The molecular formula is C14H18N4O2S. The van der Waals surface area contributed by atoms with Crippen molar-refractivity contribution in [3.63, 3.8) is 0 Å². The van der Waals surface area contributed by atoms with Crippen molar-refractivity contribution in [2.45, 2.75) is 13.1 Å². The molecule has 0 saturated heterocycles. The lowest BCUT2D eigenvalue weighted by atomic mass is 10.4. The van der Waals surface area contributed by atoms with E-state index in [1.54, 1.807) is 30.7 Å². The van der Waals surface area contributed by atoms with Crippen LogP contribution in [0.15, 0.2) is 45.3 Å². The van der Waals surface area contributed by atoms with Crippen molar-refractivity contribution in [3.05, 3.63) is 46.5 Å². The van der Waals surface area contributed by atoms with Gasteiger partial charge in [0.1, 0.15) is 5.76 Å². The number of nitrogens with one attached hydrogen (secondary N) is 3. The van der Waals surface area contributed by atoms with Crippen LogP contribution in [-0.4, -0.2) is 25.5 Å². The number of hydrogen-bond donors (Lipinski definition) is 3. The zero-order valence-electron chi connectivity index (χ0n) is 11.8. The molecule has 0 saturated carbocycles. The fourth-order valence-electron chi connectivity index (χ4n) is 1.63. The number of hydrogen-bond acceptors (Lipinski definition) is 4. The fraction of sp³-hybridized carbons (Fsp3) is 0.286. The summed E-state index contributed by atoms with van der Waals surface area (Å²) in [5.41, 5.74) is 0. The molecule has 6 nitrogen and oxygen atoms in total. The van der Waals surface area contributed by atoms with Crippen LogP contribution in [0.3, 0.4) is 0 Å². The predicted octanol–water partition coefficient (Wildman–Crippen LogP) is 1.32. The summed E-state index contributed by atoms with van der Waals surface area (Å²) in [5, 5.41) is 10.9. The number of thiophene rings is 1. The highest BCUT2D eigenvalue weighted by molar-refractivity contribution is 7.09. The third-order valence-corrected chi connectivity index (χ3v) is 3.57. The molecule has 0 atom stereocenters. The molecule has 1 amide bonds. The summed E-state index contributed by atoms with van der Waals surface area (Å²) < 4.78 is 5.14. The summed E-state index contributed by atoms with van der Waals surface area (Å²) in [5.74, 6) is 1.20. The van der Waals surface area contributed by atoms with E-state index in [-0.39, 0.29) is 12.5 Å². The van der Waals surface area contributed by atoms with Crippen LogP contribution in [0.5, 0.6) is 0 Å². The quantitative estimate of drug-likeness (QED) is 0.555. The van der Waals surface area contributed by atoms with Gasteiger partial charge in [-0.05, 0) is 23.6 Å². The number of rotatable bonds is 6. The van der Waals surface area contributed by atoms with Gasteiger partial charge in [-0.1, -0.05) is 6.07 Å². The van der Waals surface area contributed by atoms with Crippen LogP contribution < -0.4 is 16.0 Å². The number of carbonyl (C=O) groups is 1. The van der Waals surface area contributed by atoms with Gasteiger partial charge in [0.25, 0.3) is 0 Å². The largest absolute Gasteiger partial charge is 0.467 e. The van der Waals surface area contributed by atoms with Gasteiger partial charge in [-0.2, -0.15) is 0 Å². The maximum atomic E-state index is 11.7. The number of aliphatic imine (C=N–C) groups is 1. The van der Waals surface area contributed by atoms with Crippen molar-refractivity contribution in [1.82, 2.24) is 16.0 Å². The van der Waals surface area contributed by atoms with Crippen molar-refractivity contribution in [3.8, 4) is 0 Å².